The summed E-state index contributed by atoms with van der Waals surface area (Å²) in [6.45, 7) is 1.28. The van der Waals surface area contributed by atoms with E-state index >= 15 is 0 Å². The van der Waals surface area contributed by atoms with Crippen molar-refractivity contribution in [2.24, 2.45) is 0 Å². The minimum absolute atomic E-state index is 0.0782. The Balaban J connectivity index is 1.32. The first kappa shape index (κ1) is 17.5. The second-order valence-electron chi connectivity index (χ2n) is 6.46. The summed E-state index contributed by atoms with van der Waals surface area (Å²) >= 11 is 6.09. The topological polar surface area (TPSA) is 90.4 Å². The largest absolute Gasteiger partial charge is 0.467 e. The van der Waals surface area contributed by atoms with Gasteiger partial charge in [0.25, 0.3) is 0 Å². The normalized spacial score (nSPS) is 13.4. The number of aromatic amines is 1. The van der Waals surface area contributed by atoms with Gasteiger partial charge in [0.1, 0.15) is 5.76 Å². The van der Waals surface area contributed by atoms with Crippen molar-refractivity contribution >= 4 is 34.4 Å². The van der Waals surface area contributed by atoms with Crippen LogP contribution < -0.4 is 10.6 Å². The van der Waals surface area contributed by atoms with Crippen LogP contribution in [0, 0.1) is 0 Å². The van der Waals surface area contributed by atoms with Gasteiger partial charge in [-0.1, -0.05) is 11.6 Å². The molecule has 0 saturated carbocycles. The van der Waals surface area contributed by atoms with Crippen LogP contribution in [0.2, 0.25) is 5.02 Å². The first-order valence-corrected chi connectivity index (χ1v) is 9.09. The van der Waals surface area contributed by atoms with Gasteiger partial charge in [-0.15, -0.1) is 0 Å². The Hall–Kier alpha value is -2.93. The van der Waals surface area contributed by atoms with E-state index in [2.05, 4.69) is 15.6 Å². The highest BCUT2D eigenvalue weighted by Crippen LogP contribution is 2.29. The summed E-state index contributed by atoms with van der Waals surface area (Å²) < 4.78 is 5.15. The van der Waals surface area contributed by atoms with Gasteiger partial charge in [0, 0.05) is 28.2 Å². The Labute approximate surface area is 160 Å². The van der Waals surface area contributed by atoms with Crippen molar-refractivity contribution in [1.29, 1.82) is 0 Å². The molecule has 140 valence electrons. The molecule has 0 fully saturated rings. The standard InChI is InChI=1S/C19H19ClN4O3/c20-12-3-4-16-15(8-12)14-5-6-24(11-17(14)23-16)19(26)22-10-18(25)21-9-13-2-1-7-27-13/h1-4,7-8,23H,5-6,9-11H2,(H,21,25)(H,22,26). The molecule has 0 radical (unpaired) electrons. The minimum Gasteiger partial charge on any atom is -0.467 e. The van der Waals surface area contributed by atoms with Gasteiger partial charge in [-0.2, -0.15) is 0 Å². The number of carbonyl (C=O) groups excluding carboxylic acids is 2. The molecule has 2 aromatic heterocycles. The van der Waals surface area contributed by atoms with Crippen molar-refractivity contribution < 1.29 is 14.0 Å². The first-order chi connectivity index (χ1) is 13.1. The smallest absolute Gasteiger partial charge is 0.318 e. The maximum atomic E-state index is 12.4. The molecule has 7 nitrogen and oxygen atoms in total. The maximum absolute atomic E-state index is 12.4. The highest BCUT2D eigenvalue weighted by Gasteiger charge is 2.24. The van der Waals surface area contributed by atoms with Gasteiger partial charge in [0.05, 0.1) is 25.9 Å². The van der Waals surface area contributed by atoms with Crippen molar-refractivity contribution in [3.63, 3.8) is 0 Å². The minimum atomic E-state index is -0.266. The van der Waals surface area contributed by atoms with Crippen LogP contribution in [0.25, 0.3) is 10.9 Å². The molecule has 3 amide bonds. The van der Waals surface area contributed by atoms with Gasteiger partial charge in [0.2, 0.25) is 5.91 Å². The predicted molar refractivity (Wildman–Crippen MR) is 101 cm³/mol. The molecule has 0 spiro atoms. The summed E-state index contributed by atoms with van der Waals surface area (Å²) in [4.78, 5) is 29.3. The maximum Gasteiger partial charge on any atom is 0.318 e. The lowest BCUT2D eigenvalue weighted by Crippen LogP contribution is -2.46. The summed E-state index contributed by atoms with van der Waals surface area (Å²) in [5, 5.41) is 7.17. The van der Waals surface area contributed by atoms with E-state index in [1.807, 2.05) is 18.2 Å². The third kappa shape index (κ3) is 3.78. The summed E-state index contributed by atoms with van der Waals surface area (Å²) in [6, 6.07) is 9.02. The Morgan fingerprint density at radius 1 is 1.26 bits per heavy atom. The van der Waals surface area contributed by atoms with Crippen LogP contribution in [-0.4, -0.2) is 34.9 Å². The van der Waals surface area contributed by atoms with Crippen LogP contribution in [0.15, 0.2) is 41.0 Å². The lowest BCUT2D eigenvalue weighted by Gasteiger charge is -2.27. The zero-order valence-electron chi connectivity index (χ0n) is 14.5. The second-order valence-corrected chi connectivity index (χ2v) is 6.89. The van der Waals surface area contributed by atoms with E-state index in [9.17, 15) is 9.59 Å². The third-order valence-corrected chi connectivity index (χ3v) is 4.90. The molecule has 3 heterocycles. The van der Waals surface area contributed by atoms with Crippen molar-refractivity contribution in [3.05, 3.63) is 58.6 Å². The predicted octanol–water partition coefficient (Wildman–Crippen LogP) is 2.80. The number of nitrogens with one attached hydrogen (secondary N) is 3. The molecule has 0 saturated heterocycles. The summed E-state index contributed by atoms with van der Waals surface area (Å²) in [7, 11) is 0. The lowest BCUT2D eigenvalue weighted by atomic mass is 10.0. The number of rotatable bonds is 4. The van der Waals surface area contributed by atoms with Crippen molar-refractivity contribution in [2.75, 3.05) is 13.1 Å². The number of hydrogen-bond acceptors (Lipinski definition) is 3. The summed E-state index contributed by atoms with van der Waals surface area (Å²) in [5.41, 5.74) is 3.23. The number of fused-ring (bicyclic) bond motifs is 3. The van der Waals surface area contributed by atoms with Crippen LogP contribution in [0.3, 0.4) is 0 Å². The lowest BCUT2D eigenvalue weighted by molar-refractivity contribution is -0.120. The molecular weight excluding hydrogens is 368 g/mol. The van der Waals surface area contributed by atoms with Crippen LogP contribution in [0.5, 0.6) is 0 Å². The van der Waals surface area contributed by atoms with E-state index in [1.54, 1.807) is 23.3 Å². The fraction of sp³-hybridized carbons (Fsp3) is 0.263. The third-order valence-electron chi connectivity index (χ3n) is 4.66. The number of H-pyrrole nitrogens is 1. The molecule has 4 rings (SSSR count). The molecule has 1 aromatic carbocycles. The number of furan rings is 1. The fourth-order valence-electron chi connectivity index (χ4n) is 3.32. The van der Waals surface area contributed by atoms with Crippen LogP contribution >= 0.6 is 11.6 Å². The molecule has 8 heteroatoms. The first-order valence-electron chi connectivity index (χ1n) is 8.71. The quantitative estimate of drug-likeness (QED) is 0.644. The summed E-state index contributed by atoms with van der Waals surface area (Å²) in [5.74, 6) is 0.398. The van der Waals surface area contributed by atoms with Gasteiger partial charge >= 0.3 is 6.03 Å². The van der Waals surface area contributed by atoms with E-state index in [-0.39, 0.29) is 18.5 Å². The number of urea groups is 1. The van der Waals surface area contributed by atoms with Gasteiger partial charge in [-0.25, -0.2) is 4.79 Å². The number of halogens is 1. The highest BCUT2D eigenvalue weighted by molar-refractivity contribution is 6.31. The Bertz CT molecular complexity index is 980. The molecular formula is C19H19ClN4O3. The monoisotopic (exact) mass is 386 g/mol. The molecule has 0 aliphatic carbocycles. The highest BCUT2D eigenvalue weighted by atomic mass is 35.5. The van der Waals surface area contributed by atoms with Crippen molar-refractivity contribution in [3.8, 4) is 0 Å². The summed E-state index contributed by atoms with van der Waals surface area (Å²) in [6.07, 6.45) is 2.29. The zero-order valence-corrected chi connectivity index (χ0v) is 15.3. The van der Waals surface area contributed by atoms with E-state index in [0.717, 1.165) is 23.0 Å². The number of benzene rings is 1. The number of aromatic nitrogens is 1. The fourth-order valence-corrected chi connectivity index (χ4v) is 3.49. The van der Waals surface area contributed by atoms with Crippen molar-refractivity contribution in [2.45, 2.75) is 19.5 Å². The van der Waals surface area contributed by atoms with Crippen LogP contribution in [-0.2, 0) is 24.3 Å². The van der Waals surface area contributed by atoms with E-state index < -0.39 is 0 Å². The van der Waals surface area contributed by atoms with Gasteiger partial charge in [-0.3, -0.25) is 4.79 Å². The molecule has 0 bridgehead atoms. The molecule has 0 atom stereocenters. The molecule has 0 unspecified atom stereocenters. The Morgan fingerprint density at radius 2 is 2.15 bits per heavy atom. The Kier molecular flexibility index (Phi) is 4.77. The van der Waals surface area contributed by atoms with Gasteiger partial charge < -0.3 is 24.9 Å². The molecule has 1 aliphatic heterocycles. The molecule has 1 aliphatic rings. The SMILES string of the molecule is O=C(CNC(=O)N1CCc2c([nH]c3ccc(Cl)cc23)C1)NCc1ccco1. The van der Waals surface area contributed by atoms with Crippen LogP contribution in [0.4, 0.5) is 4.79 Å². The number of nitrogens with zero attached hydrogens (tertiary/aromatic N) is 1. The average molecular weight is 387 g/mol. The number of amides is 3. The molecule has 3 N–H and O–H groups in total. The molecule has 3 aromatic rings. The number of carbonyl (C=O) groups is 2. The van der Waals surface area contributed by atoms with Crippen molar-refractivity contribution in [1.82, 2.24) is 20.5 Å². The Morgan fingerprint density at radius 3 is 2.96 bits per heavy atom. The van der Waals surface area contributed by atoms with E-state index in [1.165, 1.54) is 5.56 Å². The van der Waals surface area contributed by atoms with E-state index in [0.29, 0.717) is 30.4 Å². The zero-order chi connectivity index (χ0) is 18.8. The molecule has 27 heavy (non-hydrogen) atoms. The second kappa shape index (κ2) is 7.36. The van der Waals surface area contributed by atoms with Gasteiger partial charge in [0.15, 0.2) is 0 Å². The van der Waals surface area contributed by atoms with Crippen LogP contribution in [0.1, 0.15) is 17.0 Å². The van der Waals surface area contributed by atoms with Gasteiger partial charge in [-0.05, 0) is 42.3 Å². The van der Waals surface area contributed by atoms with E-state index in [4.69, 9.17) is 16.0 Å². The number of hydrogen-bond donors (Lipinski definition) is 3. The average Bonchev–Trinajstić information content (AvgIpc) is 3.31.